The summed E-state index contributed by atoms with van der Waals surface area (Å²) in [7, 11) is 0. The van der Waals surface area contributed by atoms with Gasteiger partial charge in [-0.3, -0.25) is 0 Å². The van der Waals surface area contributed by atoms with Crippen molar-refractivity contribution in [2.24, 2.45) is 0 Å². The molecule has 0 radical (unpaired) electrons. The van der Waals surface area contributed by atoms with Gasteiger partial charge in [0.15, 0.2) is 0 Å². The summed E-state index contributed by atoms with van der Waals surface area (Å²) in [4.78, 5) is 5.15. The number of nitrogens with zero attached hydrogens (tertiary/aromatic N) is 2. The maximum Gasteiger partial charge on any atom is 0.136 e. The number of thiophene rings is 1. The van der Waals surface area contributed by atoms with Crippen LogP contribution < -0.4 is 9.80 Å². The first-order valence-electron chi connectivity index (χ1n) is 20.2. The Bertz CT molecular complexity index is 3200. The minimum absolute atomic E-state index is 0.121. The first-order valence-corrected chi connectivity index (χ1v) is 21.0. The Kier molecular flexibility index (Phi) is 7.67. The summed E-state index contributed by atoms with van der Waals surface area (Å²) in [5.74, 6) is 0.272. The molecule has 3 aliphatic rings. The molecule has 0 fully saturated rings. The molecule has 12 rings (SSSR count). The van der Waals surface area contributed by atoms with Crippen molar-refractivity contribution in [2.75, 3.05) is 9.80 Å². The van der Waals surface area contributed by atoms with Gasteiger partial charge in [0.25, 0.3) is 0 Å². The van der Waals surface area contributed by atoms with Crippen LogP contribution in [0.1, 0.15) is 23.5 Å². The number of furan rings is 1. The molecule has 0 N–H and O–H groups in total. The van der Waals surface area contributed by atoms with Gasteiger partial charge in [-0.2, -0.15) is 0 Å². The van der Waals surface area contributed by atoms with Gasteiger partial charge in [-0.15, -0.1) is 11.3 Å². The predicted octanol–water partition coefficient (Wildman–Crippen LogP) is 14.6. The third kappa shape index (κ3) is 5.25. The van der Waals surface area contributed by atoms with E-state index in [1.165, 1.54) is 76.1 Å². The number of benzene rings is 7. The van der Waals surface area contributed by atoms with Crippen LogP contribution in [-0.2, 0) is 0 Å². The van der Waals surface area contributed by atoms with Gasteiger partial charge in [-0.25, -0.2) is 0 Å². The summed E-state index contributed by atoms with van der Waals surface area (Å²) in [5.41, 5.74) is 13.1. The quantitative estimate of drug-likeness (QED) is 0.168. The molecule has 3 unspecified atom stereocenters. The number of hydrogen-bond acceptors (Lipinski definition) is 4. The highest BCUT2D eigenvalue weighted by Crippen LogP contribution is 2.50. The molecule has 9 aromatic rings. The van der Waals surface area contributed by atoms with Crippen LogP contribution in [0.4, 0.5) is 17.1 Å². The fourth-order valence-electron chi connectivity index (χ4n) is 9.71. The molecule has 0 saturated carbocycles. The lowest BCUT2D eigenvalue weighted by atomic mass is 9.89. The van der Waals surface area contributed by atoms with Crippen molar-refractivity contribution in [1.82, 2.24) is 0 Å². The Morgan fingerprint density at radius 1 is 0.621 bits per heavy atom. The molecule has 0 amide bonds. The maximum atomic E-state index is 6.25. The molecule has 58 heavy (non-hydrogen) atoms. The highest BCUT2D eigenvalue weighted by atomic mass is 32.1. The van der Waals surface area contributed by atoms with Gasteiger partial charge in [0.2, 0.25) is 0 Å². The van der Waals surface area contributed by atoms with Gasteiger partial charge >= 0.3 is 0 Å². The lowest BCUT2D eigenvalue weighted by Crippen LogP contribution is -2.37. The maximum absolute atomic E-state index is 6.25. The summed E-state index contributed by atoms with van der Waals surface area (Å²) in [6, 6.07) is 59.5. The summed E-state index contributed by atoms with van der Waals surface area (Å²) < 4.78 is 8.90. The summed E-state index contributed by atoms with van der Waals surface area (Å²) in [5, 5.41) is 4.95. The second kappa shape index (κ2) is 13.4. The number of allylic oxidation sites excluding steroid dienone is 3. The van der Waals surface area contributed by atoms with E-state index in [-0.39, 0.29) is 18.0 Å². The van der Waals surface area contributed by atoms with Crippen LogP contribution in [0.3, 0.4) is 0 Å². The fourth-order valence-corrected chi connectivity index (χ4v) is 10.9. The topological polar surface area (TPSA) is 19.6 Å². The molecule has 276 valence electrons. The minimum Gasteiger partial charge on any atom is -0.456 e. The highest BCUT2D eigenvalue weighted by molar-refractivity contribution is 7.26. The second-order valence-corrected chi connectivity index (χ2v) is 16.6. The Balaban J connectivity index is 0.948. The minimum atomic E-state index is 0.121. The molecule has 7 aromatic carbocycles. The van der Waals surface area contributed by atoms with E-state index < -0.39 is 0 Å². The zero-order valence-electron chi connectivity index (χ0n) is 31.7. The largest absolute Gasteiger partial charge is 0.456 e. The van der Waals surface area contributed by atoms with E-state index in [9.17, 15) is 0 Å². The number of para-hydroxylation sites is 3. The zero-order chi connectivity index (χ0) is 38.2. The SMILES string of the molecule is C1=CC(N(C2=CC3C(C=C2)c2ccccc2N3c2ccccc2)c2cccc3c2sc2ccccc23)CC=C1c1cccc(-c2cccc3oc4ccccc4c23)c1. The summed E-state index contributed by atoms with van der Waals surface area (Å²) in [6.07, 6.45) is 15.4. The Labute approximate surface area is 341 Å². The number of rotatable bonds is 6. The smallest absolute Gasteiger partial charge is 0.136 e. The molecule has 3 heterocycles. The average Bonchev–Trinajstić information content (AvgIpc) is 3.97. The number of fused-ring (bicyclic) bond motifs is 9. The molecule has 3 atom stereocenters. The first-order chi connectivity index (χ1) is 28.8. The molecule has 1 aliphatic heterocycles. The average molecular weight is 763 g/mol. The van der Waals surface area contributed by atoms with E-state index in [4.69, 9.17) is 4.42 Å². The van der Waals surface area contributed by atoms with Crippen LogP contribution in [0, 0.1) is 0 Å². The monoisotopic (exact) mass is 762 g/mol. The van der Waals surface area contributed by atoms with Gasteiger partial charge in [0, 0.05) is 49.2 Å². The van der Waals surface area contributed by atoms with Crippen molar-refractivity contribution in [3.63, 3.8) is 0 Å². The Hall–Kier alpha value is -6.88. The van der Waals surface area contributed by atoms with Crippen molar-refractivity contribution in [3.05, 3.63) is 217 Å². The van der Waals surface area contributed by atoms with Crippen molar-refractivity contribution < 1.29 is 4.42 Å². The standard InChI is InChI=1S/C54H38N2OS/c1-2-15-38(16-3-1)56-47-22-7-4-17-42(47)43-32-31-40(34-49(43)56)55(48-23-11-21-45-44-18-6-9-26-52(44)58-54(45)48)39-29-27-35(28-30-39)36-13-10-14-37(33-36)41-20-12-25-51-53(41)46-19-5-8-24-50(46)57-51/h1-29,31-34,39,43,49H,30H2. The predicted molar refractivity (Wildman–Crippen MR) is 245 cm³/mol. The second-order valence-electron chi connectivity index (χ2n) is 15.5. The molecule has 3 nitrogen and oxygen atoms in total. The van der Waals surface area contributed by atoms with Crippen molar-refractivity contribution in [2.45, 2.75) is 24.4 Å². The van der Waals surface area contributed by atoms with Crippen molar-refractivity contribution in [3.8, 4) is 11.1 Å². The third-order valence-corrected chi connectivity index (χ3v) is 13.5. The Morgan fingerprint density at radius 3 is 2.29 bits per heavy atom. The van der Waals surface area contributed by atoms with Crippen molar-refractivity contribution >= 4 is 76.1 Å². The van der Waals surface area contributed by atoms with E-state index in [2.05, 4.69) is 204 Å². The number of anilines is 3. The van der Waals surface area contributed by atoms with Crippen LogP contribution >= 0.6 is 11.3 Å². The van der Waals surface area contributed by atoms with E-state index in [0.717, 1.165) is 23.0 Å². The lowest BCUT2D eigenvalue weighted by Gasteiger charge is -2.38. The summed E-state index contributed by atoms with van der Waals surface area (Å²) in [6.45, 7) is 0. The molecular weight excluding hydrogens is 725 g/mol. The van der Waals surface area contributed by atoms with Gasteiger partial charge in [-0.05, 0) is 94.9 Å². The molecule has 0 bridgehead atoms. The van der Waals surface area contributed by atoms with Crippen LogP contribution in [0.15, 0.2) is 210 Å². The van der Waals surface area contributed by atoms with Crippen LogP contribution in [0.25, 0.3) is 58.8 Å². The molecule has 0 spiro atoms. The molecule has 4 heteroatoms. The normalized spacial score (nSPS) is 18.5. The van der Waals surface area contributed by atoms with E-state index in [1.807, 2.05) is 17.4 Å². The fraction of sp³-hybridized carbons (Fsp3) is 0.0741. The van der Waals surface area contributed by atoms with Gasteiger partial charge in [0.1, 0.15) is 11.2 Å². The van der Waals surface area contributed by atoms with E-state index >= 15 is 0 Å². The molecule has 2 aliphatic carbocycles. The number of hydrogen-bond donors (Lipinski definition) is 0. The van der Waals surface area contributed by atoms with Crippen LogP contribution in [0.5, 0.6) is 0 Å². The lowest BCUT2D eigenvalue weighted by molar-refractivity contribution is 0.669. The van der Waals surface area contributed by atoms with Gasteiger partial charge in [-0.1, -0.05) is 140 Å². The zero-order valence-corrected chi connectivity index (χ0v) is 32.5. The molecule has 0 saturated heterocycles. The molecular formula is C54H38N2OS. The van der Waals surface area contributed by atoms with Crippen LogP contribution in [0.2, 0.25) is 0 Å². The Morgan fingerprint density at radius 2 is 1.38 bits per heavy atom. The summed E-state index contributed by atoms with van der Waals surface area (Å²) >= 11 is 1.90. The van der Waals surface area contributed by atoms with E-state index in [0.29, 0.717) is 0 Å². The van der Waals surface area contributed by atoms with Gasteiger partial charge in [0.05, 0.1) is 22.5 Å². The van der Waals surface area contributed by atoms with E-state index in [1.54, 1.807) is 0 Å². The van der Waals surface area contributed by atoms with Crippen LogP contribution in [-0.4, -0.2) is 12.1 Å². The highest BCUT2D eigenvalue weighted by Gasteiger charge is 2.39. The molecule has 2 aromatic heterocycles. The van der Waals surface area contributed by atoms with Gasteiger partial charge < -0.3 is 14.2 Å². The first kappa shape index (κ1) is 33.3. The third-order valence-electron chi connectivity index (χ3n) is 12.3. The van der Waals surface area contributed by atoms with Crippen molar-refractivity contribution in [1.29, 1.82) is 0 Å².